The molecule has 3 rings (SSSR count). The predicted octanol–water partition coefficient (Wildman–Crippen LogP) is 1.78. The van der Waals surface area contributed by atoms with Gasteiger partial charge in [0.05, 0.1) is 11.4 Å². The first-order chi connectivity index (χ1) is 14.4. The average molecular weight is 448 g/mol. The summed E-state index contributed by atoms with van der Waals surface area (Å²) in [4.78, 5) is 23.8. The maximum absolute atomic E-state index is 12.6. The molecule has 0 bridgehead atoms. The van der Waals surface area contributed by atoms with Gasteiger partial charge in [0.2, 0.25) is 15.9 Å². The summed E-state index contributed by atoms with van der Waals surface area (Å²) in [5.41, 5.74) is 2.88. The number of sulfonamides is 1. The van der Waals surface area contributed by atoms with Gasteiger partial charge in [-0.3, -0.25) is 9.59 Å². The maximum Gasteiger partial charge on any atom is 0.251 e. The number of thioether (sulfide) groups is 1. The molecule has 0 aromatic heterocycles. The van der Waals surface area contributed by atoms with Crippen molar-refractivity contribution in [3.63, 3.8) is 0 Å². The lowest BCUT2D eigenvalue weighted by Crippen LogP contribution is -2.49. The van der Waals surface area contributed by atoms with Gasteiger partial charge in [0.15, 0.2) is 0 Å². The molecule has 2 amide bonds. The third-order valence-electron chi connectivity index (χ3n) is 4.68. The van der Waals surface area contributed by atoms with Gasteiger partial charge in [-0.1, -0.05) is 29.8 Å². The summed E-state index contributed by atoms with van der Waals surface area (Å²) < 4.78 is 26.4. The zero-order valence-electron chi connectivity index (χ0n) is 16.8. The van der Waals surface area contributed by atoms with E-state index in [0.29, 0.717) is 18.7 Å². The SMILES string of the molecule is Cc1ccc(CSCCNC(=O)c2ccc(S(=O)(=O)N3CCNC(=O)C3)cc2)cc1. The Hall–Kier alpha value is -2.36. The first kappa shape index (κ1) is 22.3. The van der Waals surface area contributed by atoms with E-state index in [1.54, 1.807) is 11.8 Å². The smallest absolute Gasteiger partial charge is 0.251 e. The third-order valence-corrected chi connectivity index (χ3v) is 7.57. The van der Waals surface area contributed by atoms with E-state index in [1.807, 2.05) is 0 Å². The van der Waals surface area contributed by atoms with Crippen molar-refractivity contribution in [2.75, 3.05) is 31.9 Å². The van der Waals surface area contributed by atoms with Crippen molar-refractivity contribution in [2.24, 2.45) is 0 Å². The lowest BCUT2D eigenvalue weighted by molar-refractivity contribution is -0.122. The van der Waals surface area contributed by atoms with Crippen molar-refractivity contribution in [1.29, 1.82) is 0 Å². The number of piperazine rings is 1. The molecule has 7 nitrogen and oxygen atoms in total. The molecule has 9 heteroatoms. The Morgan fingerprint density at radius 1 is 1.13 bits per heavy atom. The molecule has 30 heavy (non-hydrogen) atoms. The van der Waals surface area contributed by atoms with E-state index in [4.69, 9.17) is 0 Å². The van der Waals surface area contributed by atoms with Crippen LogP contribution in [0.5, 0.6) is 0 Å². The summed E-state index contributed by atoms with van der Waals surface area (Å²) in [7, 11) is -3.75. The molecule has 0 saturated carbocycles. The average Bonchev–Trinajstić information content (AvgIpc) is 2.75. The highest BCUT2D eigenvalue weighted by Gasteiger charge is 2.29. The molecule has 1 saturated heterocycles. The maximum atomic E-state index is 12.6. The van der Waals surface area contributed by atoms with Crippen molar-refractivity contribution < 1.29 is 18.0 Å². The quantitative estimate of drug-likeness (QED) is 0.602. The molecule has 1 aliphatic rings. The minimum absolute atomic E-state index is 0.0717. The third kappa shape index (κ3) is 5.84. The lowest BCUT2D eigenvalue weighted by Gasteiger charge is -2.25. The highest BCUT2D eigenvalue weighted by molar-refractivity contribution is 7.98. The van der Waals surface area contributed by atoms with E-state index in [9.17, 15) is 18.0 Å². The number of carbonyl (C=O) groups is 2. The van der Waals surface area contributed by atoms with Crippen molar-refractivity contribution in [2.45, 2.75) is 17.6 Å². The Kier molecular flexibility index (Phi) is 7.52. The van der Waals surface area contributed by atoms with Gasteiger partial charge in [0.25, 0.3) is 5.91 Å². The number of nitrogens with zero attached hydrogens (tertiary/aromatic N) is 1. The predicted molar refractivity (Wildman–Crippen MR) is 118 cm³/mol. The van der Waals surface area contributed by atoms with E-state index in [1.165, 1.54) is 35.4 Å². The second-order valence-electron chi connectivity index (χ2n) is 7.01. The van der Waals surface area contributed by atoms with Gasteiger partial charge in [-0.25, -0.2) is 8.42 Å². The summed E-state index contributed by atoms with van der Waals surface area (Å²) in [6.45, 7) is 2.92. The number of hydrogen-bond donors (Lipinski definition) is 2. The first-order valence-corrected chi connectivity index (χ1v) is 12.2. The van der Waals surface area contributed by atoms with E-state index in [0.717, 1.165) is 15.8 Å². The number of benzene rings is 2. The standard InChI is InChI=1S/C21H25N3O4S2/c1-16-2-4-17(5-3-16)15-29-13-11-23-21(26)18-6-8-19(9-7-18)30(27,28)24-12-10-22-20(25)14-24/h2-9H,10-15H2,1H3,(H,22,25)(H,23,26). The van der Waals surface area contributed by atoms with Gasteiger partial charge in [-0.05, 0) is 36.8 Å². The second-order valence-corrected chi connectivity index (χ2v) is 10.1. The van der Waals surface area contributed by atoms with Crippen LogP contribution in [0.4, 0.5) is 0 Å². The summed E-state index contributed by atoms with van der Waals surface area (Å²) in [5.74, 6) is 1.11. The van der Waals surface area contributed by atoms with Crippen LogP contribution in [0.3, 0.4) is 0 Å². The molecule has 1 aliphatic heterocycles. The molecule has 160 valence electrons. The van der Waals surface area contributed by atoms with Crippen molar-refractivity contribution in [3.05, 3.63) is 65.2 Å². The lowest BCUT2D eigenvalue weighted by atomic mass is 10.2. The van der Waals surface area contributed by atoms with Gasteiger partial charge in [0, 0.05) is 36.7 Å². The fourth-order valence-electron chi connectivity index (χ4n) is 2.96. The van der Waals surface area contributed by atoms with E-state index < -0.39 is 10.0 Å². The van der Waals surface area contributed by atoms with Crippen molar-refractivity contribution in [1.82, 2.24) is 14.9 Å². The molecule has 1 fully saturated rings. The topological polar surface area (TPSA) is 95.6 Å². The van der Waals surface area contributed by atoms with E-state index >= 15 is 0 Å². The zero-order chi connectivity index (χ0) is 21.6. The van der Waals surface area contributed by atoms with Crippen LogP contribution < -0.4 is 10.6 Å². The summed E-state index contributed by atoms with van der Waals surface area (Å²) >= 11 is 1.74. The molecule has 0 unspecified atom stereocenters. The number of nitrogens with one attached hydrogen (secondary N) is 2. The molecule has 1 heterocycles. The van der Waals surface area contributed by atoms with Gasteiger partial charge in [-0.2, -0.15) is 16.1 Å². The van der Waals surface area contributed by atoms with Crippen LogP contribution in [0, 0.1) is 6.92 Å². The highest BCUT2D eigenvalue weighted by Crippen LogP contribution is 2.17. The summed E-state index contributed by atoms with van der Waals surface area (Å²) in [6, 6.07) is 14.2. The Morgan fingerprint density at radius 2 is 1.83 bits per heavy atom. The Morgan fingerprint density at radius 3 is 2.50 bits per heavy atom. The van der Waals surface area contributed by atoms with Crippen LogP contribution in [0.25, 0.3) is 0 Å². The fraction of sp³-hybridized carbons (Fsp3) is 0.333. The van der Waals surface area contributed by atoms with Crippen LogP contribution in [-0.2, 0) is 20.6 Å². The molecule has 0 radical (unpaired) electrons. The summed E-state index contributed by atoms with van der Waals surface area (Å²) in [5, 5.41) is 5.45. The van der Waals surface area contributed by atoms with E-state index in [2.05, 4.69) is 41.8 Å². The molecule has 0 aliphatic carbocycles. The molecule has 2 aromatic rings. The Balaban J connectivity index is 1.47. The normalized spacial score (nSPS) is 14.9. The van der Waals surface area contributed by atoms with Crippen LogP contribution >= 0.6 is 11.8 Å². The van der Waals surface area contributed by atoms with Gasteiger partial charge in [-0.15, -0.1) is 0 Å². The minimum Gasteiger partial charge on any atom is -0.354 e. The monoisotopic (exact) mass is 447 g/mol. The molecule has 0 atom stereocenters. The van der Waals surface area contributed by atoms with Gasteiger partial charge >= 0.3 is 0 Å². The zero-order valence-corrected chi connectivity index (χ0v) is 18.4. The second kappa shape index (κ2) is 10.1. The van der Waals surface area contributed by atoms with Gasteiger partial charge < -0.3 is 10.6 Å². The fourth-order valence-corrected chi connectivity index (χ4v) is 5.18. The minimum atomic E-state index is -3.75. The number of carbonyl (C=O) groups excluding carboxylic acids is 2. The number of rotatable bonds is 8. The van der Waals surface area contributed by atoms with Crippen LogP contribution in [0.15, 0.2) is 53.4 Å². The largest absolute Gasteiger partial charge is 0.354 e. The molecule has 0 spiro atoms. The summed E-state index contributed by atoms with van der Waals surface area (Å²) in [6.07, 6.45) is 0. The Bertz CT molecular complexity index is 990. The first-order valence-electron chi connectivity index (χ1n) is 9.65. The van der Waals surface area contributed by atoms with Crippen molar-refractivity contribution in [3.8, 4) is 0 Å². The Labute approximate surface area is 181 Å². The van der Waals surface area contributed by atoms with Crippen LogP contribution in [-0.4, -0.2) is 56.5 Å². The number of hydrogen-bond acceptors (Lipinski definition) is 5. The molecule has 2 aromatic carbocycles. The van der Waals surface area contributed by atoms with Gasteiger partial charge in [0.1, 0.15) is 0 Å². The number of amides is 2. The van der Waals surface area contributed by atoms with Crippen LogP contribution in [0.2, 0.25) is 0 Å². The van der Waals surface area contributed by atoms with Crippen LogP contribution in [0.1, 0.15) is 21.5 Å². The number of aryl methyl sites for hydroxylation is 1. The molecular weight excluding hydrogens is 422 g/mol. The highest BCUT2D eigenvalue weighted by atomic mass is 32.2. The van der Waals surface area contributed by atoms with E-state index in [-0.39, 0.29) is 29.8 Å². The molecular formula is C21H25N3O4S2. The van der Waals surface area contributed by atoms with Crippen molar-refractivity contribution >= 4 is 33.6 Å². The molecule has 2 N–H and O–H groups in total.